The van der Waals surface area contributed by atoms with E-state index < -0.39 is 11.8 Å². The topological polar surface area (TPSA) is 66.9 Å². The zero-order chi connectivity index (χ0) is 15.0. The van der Waals surface area contributed by atoms with Crippen molar-refractivity contribution in [2.75, 3.05) is 26.2 Å². The first-order chi connectivity index (χ1) is 10.1. The second kappa shape index (κ2) is 5.29. The molecule has 6 heteroatoms. The maximum atomic E-state index is 12.3. The van der Waals surface area contributed by atoms with Gasteiger partial charge in [-0.15, -0.1) is 0 Å². The summed E-state index contributed by atoms with van der Waals surface area (Å²) in [5.41, 5.74) is 0.733. The van der Waals surface area contributed by atoms with Crippen molar-refractivity contribution >= 4 is 17.7 Å². The first-order valence-corrected chi connectivity index (χ1v) is 6.92. The molecule has 0 N–H and O–H groups in total. The number of nitrogens with zero attached hydrogens (tertiary/aromatic N) is 2. The summed E-state index contributed by atoms with van der Waals surface area (Å²) in [5, 5.41) is 0. The van der Waals surface area contributed by atoms with Gasteiger partial charge in [0.1, 0.15) is 6.54 Å². The first-order valence-electron chi connectivity index (χ1n) is 6.92. The summed E-state index contributed by atoms with van der Waals surface area (Å²) in [4.78, 5) is 39.3. The van der Waals surface area contributed by atoms with Crippen LogP contribution in [0.2, 0.25) is 0 Å². The molecule has 2 aliphatic heterocycles. The second-order valence-electron chi connectivity index (χ2n) is 5.26. The third kappa shape index (κ3) is 2.42. The largest absolute Gasteiger partial charge is 0.375 e. The van der Waals surface area contributed by atoms with Crippen LogP contribution in [0.15, 0.2) is 24.3 Å². The van der Waals surface area contributed by atoms with E-state index in [-0.39, 0.29) is 18.6 Å². The summed E-state index contributed by atoms with van der Waals surface area (Å²) in [6, 6.07) is 6.63. The lowest BCUT2D eigenvalue weighted by atomic mass is 10.1. The van der Waals surface area contributed by atoms with Gasteiger partial charge in [0, 0.05) is 13.1 Å². The van der Waals surface area contributed by atoms with Gasteiger partial charge in [-0.05, 0) is 19.1 Å². The molecular weight excluding hydrogens is 272 g/mol. The average Bonchev–Trinajstić information content (AvgIpc) is 2.73. The molecule has 1 atom stereocenters. The minimum Gasteiger partial charge on any atom is -0.375 e. The van der Waals surface area contributed by atoms with Crippen molar-refractivity contribution in [3.8, 4) is 0 Å². The summed E-state index contributed by atoms with van der Waals surface area (Å²) in [6.07, 6.45) is -0.0233. The number of hydrogen-bond donors (Lipinski definition) is 0. The molecule has 0 aromatic heterocycles. The molecule has 0 spiro atoms. The number of morpholine rings is 1. The number of imide groups is 1. The fraction of sp³-hybridized carbons (Fsp3) is 0.400. The van der Waals surface area contributed by atoms with E-state index in [0.717, 1.165) is 4.90 Å². The Kier molecular flexibility index (Phi) is 3.47. The SMILES string of the molecule is CC1CN(C(=O)CN2C(=O)c3ccccc3C2=O)CCO1. The number of ether oxygens (including phenoxy) is 1. The number of amides is 3. The highest BCUT2D eigenvalue weighted by Crippen LogP contribution is 2.22. The predicted octanol–water partition coefficient (Wildman–Crippen LogP) is 0.530. The Labute approximate surface area is 122 Å². The molecule has 1 unspecified atom stereocenters. The average molecular weight is 288 g/mol. The van der Waals surface area contributed by atoms with Gasteiger partial charge < -0.3 is 9.64 Å². The van der Waals surface area contributed by atoms with Crippen LogP contribution in [-0.2, 0) is 9.53 Å². The number of fused-ring (bicyclic) bond motifs is 1. The molecule has 0 saturated carbocycles. The fourth-order valence-corrected chi connectivity index (χ4v) is 2.66. The molecule has 0 bridgehead atoms. The van der Waals surface area contributed by atoms with Crippen LogP contribution in [0.4, 0.5) is 0 Å². The highest BCUT2D eigenvalue weighted by Gasteiger charge is 2.37. The molecule has 6 nitrogen and oxygen atoms in total. The second-order valence-corrected chi connectivity index (χ2v) is 5.26. The molecule has 2 heterocycles. The Morgan fingerprint density at radius 3 is 2.43 bits per heavy atom. The van der Waals surface area contributed by atoms with E-state index >= 15 is 0 Å². The summed E-state index contributed by atoms with van der Waals surface area (Å²) in [6.45, 7) is 3.14. The maximum Gasteiger partial charge on any atom is 0.262 e. The third-order valence-corrected chi connectivity index (χ3v) is 3.77. The molecule has 21 heavy (non-hydrogen) atoms. The van der Waals surface area contributed by atoms with Gasteiger partial charge >= 0.3 is 0 Å². The van der Waals surface area contributed by atoms with Gasteiger partial charge in [0.2, 0.25) is 5.91 Å². The third-order valence-electron chi connectivity index (χ3n) is 3.77. The van der Waals surface area contributed by atoms with Gasteiger partial charge in [0.05, 0.1) is 23.8 Å². The lowest BCUT2D eigenvalue weighted by molar-refractivity contribution is -0.138. The van der Waals surface area contributed by atoms with Gasteiger partial charge in [-0.3, -0.25) is 19.3 Å². The molecule has 0 radical (unpaired) electrons. The molecule has 1 aromatic rings. The van der Waals surface area contributed by atoms with Crippen LogP contribution in [0, 0.1) is 0 Å². The van der Waals surface area contributed by atoms with Gasteiger partial charge in [-0.1, -0.05) is 12.1 Å². The van der Waals surface area contributed by atoms with Crippen LogP contribution in [-0.4, -0.2) is 59.9 Å². The zero-order valence-corrected chi connectivity index (χ0v) is 11.7. The van der Waals surface area contributed by atoms with E-state index in [0.29, 0.717) is 30.8 Å². The molecule has 110 valence electrons. The normalized spacial score (nSPS) is 21.7. The monoisotopic (exact) mass is 288 g/mol. The van der Waals surface area contributed by atoms with E-state index in [1.54, 1.807) is 29.2 Å². The molecule has 2 aliphatic rings. The van der Waals surface area contributed by atoms with Crippen molar-refractivity contribution in [1.82, 2.24) is 9.80 Å². The smallest absolute Gasteiger partial charge is 0.262 e. The molecule has 3 rings (SSSR count). The highest BCUT2D eigenvalue weighted by molar-refractivity contribution is 6.22. The molecule has 1 fully saturated rings. The Hall–Kier alpha value is -2.21. The van der Waals surface area contributed by atoms with E-state index in [1.165, 1.54) is 0 Å². The number of benzene rings is 1. The van der Waals surface area contributed by atoms with Gasteiger partial charge in [0.15, 0.2) is 0 Å². The highest BCUT2D eigenvalue weighted by atomic mass is 16.5. The van der Waals surface area contributed by atoms with Crippen LogP contribution in [0.5, 0.6) is 0 Å². The summed E-state index contributed by atoms with van der Waals surface area (Å²) >= 11 is 0. The van der Waals surface area contributed by atoms with Crippen LogP contribution in [0.1, 0.15) is 27.6 Å². The Morgan fingerprint density at radius 1 is 1.24 bits per heavy atom. The number of rotatable bonds is 2. The number of carbonyl (C=O) groups excluding carboxylic acids is 3. The molecular formula is C15H16N2O4. The Balaban J connectivity index is 1.73. The van der Waals surface area contributed by atoms with Crippen LogP contribution in [0.25, 0.3) is 0 Å². The van der Waals surface area contributed by atoms with Crippen molar-refractivity contribution in [2.24, 2.45) is 0 Å². The minimum atomic E-state index is -0.398. The molecule has 1 saturated heterocycles. The molecule has 0 aliphatic carbocycles. The zero-order valence-electron chi connectivity index (χ0n) is 11.7. The van der Waals surface area contributed by atoms with Gasteiger partial charge in [-0.2, -0.15) is 0 Å². The summed E-state index contributed by atoms with van der Waals surface area (Å²) in [5.74, 6) is -1.02. The van der Waals surface area contributed by atoms with Crippen molar-refractivity contribution in [1.29, 1.82) is 0 Å². The summed E-state index contributed by atoms with van der Waals surface area (Å²) < 4.78 is 5.38. The van der Waals surface area contributed by atoms with E-state index in [9.17, 15) is 14.4 Å². The van der Waals surface area contributed by atoms with Gasteiger partial charge in [-0.25, -0.2) is 0 Å². The first kappa shape index (κ1) is 13.8. The van der Waals surface area contributed by atoms with E-state index in [2.05, 4.69) is 0 Å². The predicted molar refractivity (Wildman–Crippen MR) is 73.8 cm³/mol. The lowest BCUT2D eigenvalue weighted by Gasteiger charge is -2.32. The van der Waals surface area contributed by atoms with Crippen molar-refractivity contribution in [2.45, 2.75) is 13.0 Å². The Morgan fingerprint density at radius 2 is 1.86 bits per heavy atom. The molecule has 3 amide bonds. The standard InChI is InChI=1S/C15H16N2O4/c1-10-8-16(6-7-21-10)13(18)9-17-14(19)11-4-2-3-5-12(11)15(17)20/h2-5,10H,6-9H2,1H3. The van der Waals surface area contributed by atoms with Crippen molar-refractivity contribution in [3.05, 3.63) is 35.4 Å². The molecule has 1 aromatic carbocycles. The number of hydrogen-bond acceptors (Lipinski definition) is 4. The van der Waals surface area contributed by atoms with Crippen molar-refractivity contribution < 1.29 is 19.1 Å². The van der Waals surface area contributed by atoms with E-state index in [4.69, 9.17) is 4.74 Å². The Bertz CT molecular complexity index is 578. The summed E-state index contributed by atoms with van der Waals surface area (Å²) in [7, 11) is 0. The van der Waals surface area contributed by atoms with Crippen LogP contribution >= 0.6 is 0 Å². The van der Waals surface area contributed by atoms with Crippen LogP contribution in [0.3, 0.4) is 0 Å². The maximum absolute atomic E-state index is 12.3. The fourth-order valence-electron chi connectivity index (χ4n) is 2.66. The minimum absolute atomic E-state index is 0.0233. The van der Waals surface area contributed by atoms with Crippen molar-refractivity contribution in [3.63, 3.8) is 0 Å². The van der Waals surface area contributed by atoms with Crippen LogP contribution < -0.4 is 0 Å². The van der Waals surface area contributed by atoms with E-state index in [1.807, 2.05) is 6.92 Å². The lowest BCUT2D eigenvalue weighted by Crippen LogP contribution is -2.49. The quantitative estimate of drug-likeness (QED) is 0.745. The van der Waals surface area contributed by atoms with Gasteiger partial charge in [0.25, 0.3) is 11.8 Å². The number of carbonyl (C=O) groups is 3.